The second-order valence-electron chi connectivity index (χ2n) is 4.01. The summed E-state index contributed by atoms with van der Waals surface area (Å²) in [7, 11) is 0. The van der Waals surface area contributed by atoms with E-state index >= 15 is 0 Å². The molecular formula is C12H12F3NO3. The molecular weight excluding hydrogens is 263 g/mol. The molecule has 1 aromatic carbocycles. The molecule has 0 fully saturated rings. The molecule has 1 unspecified atom stereocenters. The number of rotatable bonds is 4. The van der Waals surface area contributed by atoms with Gasteiger partial charge in [-0.25, -0.2) is 9.18 Å². The van der Waals surface area contributed by atoms with Crippen LogP contribution in [0.5, 0.6) is 0 Å². The summed E-state index contributed by atoms with van der Waals surface area (Å²) in [5, 5.41) is 10.5. The average molecular weight is 275 g/mol. The molecule has 0 saturated heterocycles. The Morgan fingerprint density at radius 1 is 1.37 bits per heavy atom. The first kappa shape index (κ1) is 15.0. The smallest absolute Gasteiger partial charge is 0.405 e. The zero-order valence-corrected chi connectivity index (χ0v) is 10.2. The highest BCUT2D eigenvalue weighted by molar-refractivity contribution is 5.84. The summed E-state index contributed by atoms with van der Waals surface area (Å²) in [4.78, 5) is 21.3. The molecule has 4 nitrogen and oxygen atoms in total. The minimum Gasteiger partial charge on any atom is -0.465 e. The number of carboxylic acid groups (broad SMARTS) is 1. The lowest BCUT2D eigenvalue weighted by atomic mass is 9.98. The Kier molecular flexibility index (Phi) is 4.18. The van der Waals surface area contributed by atoms with Crippen molar-refractivity contribution in [2.75, 3.05) is 0 Å². The van der Waals surface area contributed by atoms with Gasteiger partial charge in [-0.1, -0.05) is 12.1 Å². The van der Waals surface area contributed by atoms with Gasteiger partial charge in [-0.2, -0.15) is 8.78 Å². The first-order chi connectivity index (χ1) is 8.67. The molecule has 0 aliphatic rings. The molecule has 0 saturated carbocycles. The maximum Gasteiger partial charge on any atom is 0.405 e. The van der Waals surface area contributed by atoms with Crippen molar-refractivity contribution in [3.8, 4) is 0 Å². The summed E-state index contributed by atoms with van der Waals surface area (Å²) in [5.74, 6) is -6.71. The third-order valence-electron chi connectivity index (χ3n) is 2.62. The SMILES string of the molecule is CC(=O)C(F)(F)c1cccc(C(C)NC(=O)O)c1F. The number of carbonyl (C=O) groups is 2. The van der Waals surface area contributed by atoms with E-state index in [1.807, 2.05) is 5.32 Å². The minimum absolute atomic E-state index is 0.249. The van der Waals surface area contributed by atoms with E-state index in [1.54, 1.807) is 0 Å². The first-order valence-electron chi connectivity index (χ1n) is 5.35. The lowest BCUT2D eigenvalue weighted by molar-refractivity contribution is -0.142. The fourth-order valence-electron chi connectivity index (χ4n) is 1.58. The fourth-order valence-corrected chi connectivity index (χ4v) is 1.58. The highest BCUT2D eigenvalue weighted by Gasteiger charge is 2.40. The van der Waals surface area contributed by atoms with Crippen molar-refractivity contribution in [3.05, 3.63) is 35.1 Å². The van der Waals surface area contributed by atoms with E-state index < -0.39 is 35.2 Å². The van der Waals surface area contributed by atoms with E-state index in [0.29, 0.717) is 6.92 Å². The molecule has 1 amide bonds. The lowest BCUT2D eigenvalue weighted by Crippen LogP contribution is -2.28. The van der Waals surface area contributed by atoms with E-state index in [2.05, 4.69) is 0 Å². The number of carbonyl (C=O) groups excluding carboxylic acids is 1. The van der Waals surface area contributed by atoms with Crippen LogP contribution in [0.2, 0.25) is 0 Å². The number of hydrogen-bond donors (Lipinski definition) is 2. The number of benzene rings is 1. The number of Topliss-reactive ketones (excluding diaryl/α,β-unsaturated/α-hetero) is 1. The first-order valence-corrected chi connectivity index (χ1v) is 5.35. The van der Waals surface area contributed by atoms with Gasteiger partial charge in [0, 0.05) is 12.5 Å². The molecule has 0 spiro atoms. The van der Waals surface area contributed by atoms with Crippen LogP contribution in [0.25, 0.3) is 0 Å². The number of ketones is 1. The molecule has 0 heterocycles. The maximum absolute atomic E-state index is 14.0. The summed E-state index contributed by atoms with van der Waals surface area (Å²) in [6.45, 7) is 1.97. The highest BCUT2D eigenvalue weighted by atomic mass is 19.3. The Morgan fingerprint density at radius 2 is 1.95 bits per heavy atom. The minimum atomic E-state index is -3.94. The van der Waals surface area contributed by atoms with Crippen LogP contribution in [0.1, 0.15) is 31.0 Å². The van der Waals surface area contributed by atoms with Crippen molar-refractivity contribution in [1.29, 1.82) is 0 Å². The number of hydrogen-bond acceptors (Lipinski definition) is 2. The molecule has 2 N–H and O–H groups in total. The van der Waals surface area contributed by atoms with Gasteiger partial charge in [-0.05, 0) is 13.0 Å². The number of nitrogens with one attached hydrogen (secondary N) is 1. The average Bonchev–Trinajstić information content (AvgIpc) is 2.27. The Balaban J connectivity index is 3.26. The van der Waals surface area contributed by atoms with Gasteiger partial charge in [0.2, 0.25) is 5.78 Å². The van der Waals surface area contributed by atoms with E-state index in [0.717, 1.165) is 12.1 Å². The summed E-state index contributed by atoms with van der Waals surface area (Å²) in [6, 6.07) is 2.11. The van der Waals surface area contributed by atoms with E-state index in [4.69, 9.17) is 5.11 Å². The van der Waals surface area contributed by atoms with Crippen molar-refractivity contribution in [1.82, 2.24) is 5.32 Å². The molecule has 1 aromatic rings. The normalized spacial score (nSPS) is 12.9. The highest BCUT2D eigenvalue weighted by Crippen LogP contribution is 2.33. The van der Waals surface area contributed by atoms with Crippen LogP contribution in [0.15, 0.2) is 18.2 Å². The van der Waals surface area contributed by atoms with E-state index in [9.17, 15) is 22.8 Å². The number of amides is 1. The van der Waals surface area contributed by atoms with Gasteiger partial charge in [0.1, 0.15) is 5.82 Å². The van der Waals surface area contributed by atoms with Crippen molar-refractivity contribution in [3.63, 3.8) is 0 Å². The van der Waals surface area contributed by atoms with Gasteiger partial charge in [0.25, 0.3) is 0 Å². The third-order valence-corrected chi connectivity index (χ3v) is 2.62. The molecule has 0 radical (unpaired) electrons. The quantitative estimate of drug-likeness (QED) is 0.888. The molecule has 7 heteroatoms. The largest absolute Gasteiger partial charge is 0.465 e. The third kappa shape index (κ3) is 3.04. The van der Waals surface area contributed by atoms with E-state index in [1.165, 1.54) is 13.0 Å². The molecule has 1 rings (SSSR count). The molecule has 104 valence electrons. The summed E-state index contributed by atoms with van der Waals surface area (Å²) in [5.41, 5.74) is -1.31. The van der Waals surface area contributed by atoms with Crippen LogP contribution in [-0.4, -0.2) is 17.0 Å². The fraction of sp³-hybridized carbons (Fsp3) is 0.333. The van der Waals surface area contributed by atoms with E-state index in [-0.39, 0.29) is 5.56 Å². The predicted octanol–water partition coefficient (Wildman–Crippen LogP) is 2.84. The van der Waals surface area contributed by atoms with Gasteiger partial charge in [0.15, 0.2) is 0 Å². The predicted molar refractivity (Wildman–Crippen MR) is 60.6 cm³/mol. The van der Waals surface area contributed by atoms with Gasteiger partial charge in [-0.15, -0.1) is 0 Å². The zero-order valence-electron chi connectivity index (χ0n) is 10.2. The van der Waals surface area contributed by atoms with Gasteiger partial charge < -0.3 is 10.4 Å². The van der Waals surface area contributed by atoms with Crippen molar-refractivity contribution in [2.24, 2.45) is 0 Å². The lowest BCUT2D eigenvalue weighted by Gasteiger charge is -2.18. The van der Waals surface area contributed by atoms with Crippen LogP contribution in [-0.2, 0) is 10.7 Å². The van der Waals surface area contributed by atoms with Crippen molar-refractivity contribution in [2.45, 2.75) is 25.8 Å². The summed E-state index contributed by atoms with van der Waals surface area (Å²) < 4.78 is 41.0. The molecule has 19 heavy (non-hydrogen) atoms. The molecule has 0 aliphatic heterocycles. The van der Waals surface area contributed by atoms with Crippen molar-refractivity contribution >= 4 is 11.9 Å². The van der Waals surface area contributed by atoms with Crippen LogP contribution in [0.3, 0.4) is 0 Å². The molecule has 1 atom stereocenters. The van der Waals surface area contributed by atoms with Gasteiger partial charge >= 0.3 is 12.0 Å². The maximum atomic E-state index is 14.0. The van der Waals surface area contributed by atoms with Crippen molar-refractivity contribution < 1.29 is 27.9 Å². The Labute approximate surface area is 107 Å². The topological polar surface area (TPSA) is 66.4 Å². The van der Waals surface area contributed by atoms with Crippen LogP contribution in [0.4, 0.5) is 18.0 Å². The zero-order chi connectivity index (χ0) is 14.8. The molecule has 0 aliphatic carbocycles. The summed E-state index contributed by atoms with van der Waals surface area (Å²) >= 11 is 0. The molecule has 0 bridgehead atoms. The Bertz CT molecular complexity index is 517. The standard InChI is InChI=1S/C12H12F3NO3/c1-6(16-11(18)19)8-4-3-5-9(10(8)13)12(14,15)7(2)17/h3-6,16H,1-2H3,(H,18,19). The van der Waals surface area contributed by atoms with Gasteiger partial charge in [0.05, 0.1) is 11.6 Å². The van der Waals surface area contributed by atoms with Gasteiger partial charge in [-0.3, -0.25) is 4.79 Å². The Hall–Kier alpha value is -2.05. The van der Waals surface area contributed by atoms with Crippen LogP contribution < -0.4 is 5.32 Å². The second kappa shape index (κ2) is 5.29. The number of alkyl halides is 2. The monoisotopic (exact) mass is 275 g/mol. The Morgan fingerprint density at radius 3 is 2.42 bits per heavy atom. The number of halogens is 3. The second-order valence-corrected chi connectivity index (χ2v) is 4.01. The van der Waals surface area contributed by atoms with Crippen LogP contribution >= 0.6 is 0 Å². The summed E-state index contributed by atoms with van der Waals surface area (Å²) in [6.07, 6.45) is -1.41. The molecule has 0 aromatic heterocycles. The van der Waals surface area contributed by atoms with Crippen LogP contribution in [0, 0.1) is 5.82 Å².